The quantitative estimate of drug-likeness (QED) is 0.935. The highest BCUT2D eigenvalue weighted by molar-refractivity contribution is 5.61. The van der Waals surface area contributed by atoms with Crippen LogP contribution in [0.5, 0.6) is 0 Å². The predicted molar refractivity (Wildman–Crippen MR) is 82.8 cm³/mol. The zero-order chi connectivity index (χ0) is 14.7. The molecule has 3 rings (SSSR count). The molecule has 1 atom stereocenters. The lowest BCUT2D eigenvalue weighted by molar-refractivity contribution is 0.423. The molecule has 5 nitrogen and oxygen atoms in total. The van der Waals surface area contributed by atoms with Crippen molar-refractivity contribution in [2.45, 2.75) is 39.2 Å². The van der Waals surface area contributed by atoms with Crippen LogP contribution >= 0.6 is 0 Å². The van der Waals surface area contributed by atoms with Crippen LogP contribution < -0.4 is 10.2 Å². The molecule has 0 amide bonds. The van der Waals surface area contributed by atoms with Crippen LogP contribution in [-0.4, -0.2) is 23.3 Å². The maximum Gasteiger partial charge on any atom is 0.322 e. The number of anilines is 2. The summed E-state index contributed by atoms with van der Waals surface area (Å²) in [5.74, 6) is 0.647. The molecule has 1 aliphatic rings. The molecule has 2 aromatic rings. The first-order valence-corrected chi connectivity index (χ1v) is 7.72. The SMILES string of the molecule is CCNC(C)c1nnc(N2CCCCc3ccccc32)o1. The van der Waals surface area contributed by atoms with Gasteiger partial charge < -0.3 is 9.73 Å². The molecule has 1 aliphatic heterocycles. The fourth-order valence-corrected chi connectivity index (χ4v) is 2.79. The molecule has 0 saturated heterocycles. The second kappa shape index (κ2) is 6.26. The molecule has 0 saturated carbocycles. The molecule has 1 aromatic heterocycles. The molecule has 2 heterocycles. The Morgan fingerprint density at radius 2 is 2.14 bits per heavy atom. The summed E-state index contributed by atoms with van der Waals surface area (Å²) >= 11 is 0. The average molecular weight is 286 g/mol. The summed E-state index contributed by atoms with van der Waals surface area (Å²) in [5, 5.41) is 11.7. The number of nitrogens with one attached hydrogen (secondary N) is 1. The predicted octanol–water partition coefficient (Wildman–Crippen LogP) is 3.21. The van der Waals surface area contributed by atoms with Gasteiger partial charge >= 0.3 is 6.01 Å². The van der Waals surface area contributed by atoms with Crippen LogP contribution in [-0.2, 0) is 6.42 Å². The first-order chi connectivity index (χ1) is 10.3. The second-order valence-corrected chi connectivity index (χ2v) is 5.44. The summed E-state index contributed by atoms with van der Waals surface area (Å²) < 4.78 is 5.89. The summed E-state index contributed by atoms with van der Waals surface area (Å²) in [7, 11) is 0. The maximum atomic E-state index is 5.89. The molecule has 0 fully saturated rings. The molecular weight excluding hydrogens is 264 g/mol. The summed E-state index contributed by atoms with van der Waals surface area (Å²) in [6.07, 6.45) is 3.44. The molecule has 112 valence electrons. The van der Waals surface area contributed by atoms with Crippen molar-refractivity contribution >= 4 is 11.7 Å². The van der Waals surface area contributed by atoms with Crippen molar-refractivity contribution in [3.05, 3.63) is 35.7 Å². The number of hydrogen-bond donors (Lipinski definition) is 1. The van der Waals surface area contributed by atoms with Gasteiger partial charge in [0.1, 0.15) is 0 Å². The van der Waals surface area contributed by atoms with Crippen LogP contribution in [0, 0.1) is 0 Å². The highest BCUT2D eigenvalue weighted by Crippen LogP contribution is 2.32. The molecule has 0 spiro atoms. The van der Waals surface area contributed by atoms with Crippen molar-refractivity contribution in [1.29, 1.82) is 0 Å². The number of para-hydroxylation sites is 1. The molecule has 0 radical (unpaired) electrons. The number of nitrogens with zero attached hydrogens (tertiary/aromatic N) is 3. The van der Waals surface area contributed by atoms with Crippen molar-refractivity contribution in [3.63, 3.8) is 0 Å². The molecule has 21 heavy (non-hydrogen) atoms. The van der Waals surface area contributed by atoms with Crippen LogP contribution in [0.3, 0.4) is 0 Å². The topological polar surface area (TPSA) is 54.2 Å². The van der Waals surface area contributed by atoms with E-state index in [1.165, 1.54) is 17.7 Å². The number of fused-ring (bicyclic) bond motifs is 1. The number of rotatable bonds is 4. The first-order valence-electron chi connectivity index (χ1n) is 7.72. The van der Waals surface area contributed by atoms with E-state index in [9.17, 15) is 0 Å². The molecular formula is C16H22N4O. The van der Waals surface area contributed by atoms with E-state index in [2.05, 4.69) is 51.6 Å². The lowest BCUT2D eigenvalue weighted by Crippen LogP contribution is -2.18. The molecule has 0 aliphatic carbocycles. The van der Waals surface area contributed by atoms with Crippen molar-refractivity contribution in [1.82, 2.24) is 15.5 Å². The number of hydrogen-bond acceptors (Lipinski definition) is 5. The third kappa shape index (κ3) is 2.93. The van der Waals surface area contributed by atoms with Gasteiger partial charge in [-0.2, -0.15) is 0 Å². The van der Waals surface area contributed by atoms with E-state index in [0.717, 1.165) is 25.9 Å². The highest BCUT2D eigenvalue weighted by Gasteiger charge is 2.22. The monoisotopic (exact) mass is 286 g/mol. The van der Waals surface area contributed by atoms with E-state index in [-0.39, 0.29) is 6.04 Å². The number of aryl methyl sites for hydroxylation is 1. The van der Waals surface area contributed by atoms with E-state index >= 15 is 0 Å². The fraction of sp³-hybridized carbons (Fsp3) is 0.500. The summed E-state index contributed by atoms with van der Waals surface area (Å²) in [5.41, 5.74) is 2.55. The van der Waals surface area contributed by atoms with Crippen molar-refractivity contribution in [3.8, 4) is 0 Å². The second-order valence-electron chi connectivity index (χ2n) is 5.44. The largest absolute Gasteiger partial charge is 0.406 e. The van der Waals surface area contributed by atoms with E-state index in [4.69, 9.17) is 4.42 Å². The Balaban J connectivity index is 1.90. The molecule has 0 bridgehead atoms. The summed E-state index contributed by atoms with van der Waals surface area (Å²) in [4.78, 5) is 2.15. The molecule has 1 aromatic carbocycles. The van der Waals surface area contributed by atoms with Crippen LogP contribution in [0.25, 0.3) is 0 Å². The van der Waals surface area contributed by atoms with Crippen LogP contribution in [0.2, 0.25) is 0 Å². The van der Waals surface area contributed by atoms with Gasteiger partial charge in [0.2, 0.25) is 5.89 Å². The third-order valence-electron chi connectivity index (χ3n) is 3.90. The van der Waals surface area contributed by atoms with Gasteiger partial charge in [-0.25, -0.2) is 0 Å². The Morgan fingerprint density at radius 1 is 1.29 bits per heavy atom. The van der Waals surface area contributed by atoms with E-state index in [0.29, 0.717) is 11.9 Å². The lowest BCUT2D eigenvalue weighted by Gasteiger charge is -2.20. The van der Waals surface area contributed by atoms with Gasteiger partial charge in [0.25, 0.3) is 0 Å². The standard InChI is InChI=1S/C16H22N4O/c1-3-17-12(2)15-18-19-16(21-15)20-11-7-6-9-13-8-4-5-10-14(13)20/h4-5,8,10,12,17H,3,6-7,9,11H2,1-2H3. The minimum atomic E-state index is 0.0819. The Bertz CT molecular complexity index is 595. The zero-order valence-corrected chi connectivity index (χ0v) is 12.7. The number of benzene rings is 1. The Kier molecular flexibility index (Phi) is 4.20. The molecule has 5 heteroatoms. The van der Waals surface area contributed by atoms with Crippen LogP contribution in [0.4, 0.5) is 11.7 Å². The van der Waals surface area contributed by atoms with Gasteiger partial charge in [0, 0.05) is 12.2 Å². The summed E-state index contributed by atoms with van der Waals surface area (Å²) in [6, 6.07) is 9.16. The Morgan fingerprint density at radius 3 is 3.00 bits per heavy atom. The van der Waals surface area contributed by atoms with Gasteiger partial charge in [0.05, 0.1) is 6.04 Å². The van der Waals surface area contributed by atoms with Crippen LogP contribution in [0.1, 0.15) is 44.2 Å². The Hall–Kier alpha value is -1.88. The van der Waals surface area contributed by atoms with Crippen molar-refractivity contribution in [2.24, 2.45) is 0 Å². The highest BCUT2D eigenvalue weighted by atomic mass is 16.4. The van der Waals surface area contributed by atoms with Gasteiger partial charge in [-0.05, 0) is 44.4 Å². The molecule has 1 N–H and O–H groups in total. The zero-order valence-electron chi connectivity index (χ0n) is 12.7. The minimum Gasteiger partial charge on any atom is -0.406 e. The molecule has 1 unspecified atom stereocenters. The van der Waals surface area contributed by atoms with Gasteiger partial charge in [-0.1, -0.05) is 30.2 Å². The number of aromatic nitrogens is 2. The van der Waals surface area contributed by atoms with Gasteiger partial charge in [-0.15, -0.1) is 5.10 Å². The van der Waals surface area contributed by atoms with E-state index < -0.39 is 0 Å². The average Bonchev–Trinajstić information content (AvgIpc) is 2.89. The third-order valence-corrected chi connectivity index (χ3v) is 3.90. The minimum absolute atomic E-state index is 0.0819. The normalized spacial score (nSPS) is 16.4. The van der Waals surface area contributed by atoms with Crippen LogP contribution in [0.15, 0.2) is 28.7 Å². The van der Waals surface area contributed by atoms with E-state index in [1.54, 1.807) is 0 Å². The van der Waals surface area contributed by atoms with Crippen molar-refractivity contribution < 1.29 is 4.42 Å². The first kappa shape index (κ1) is 14.1. The summed E-state index contributed by atoms with van der Waals surface area (Å²) in [6.45, 7) is 5.91. The van der Waals surface area contributed by atoms with E-state index in [1.807, 2.05) is 6.92 Å². The smallest absolute Gasteiger partial charge is 0.322 e. The maximum absolute atomic E-state index is 5.89. The lowest BCUT2D eigenvalue weighted by atomic mass is 10.1. The fourth-order valence-electron chi connectivity index (χ4n) is 2.79. The van der Waals surface area contributed by atoms with Gasteiger partial charge in [0.15, 0.2) is 0 Å². The Labute approximate surface area is 125 Å². The van der Waals surface area contributed by atoms with Crippen molar-refractivity contribution in [2.75, 3.05) is 18.0 Å². The van der Waals surface area contributed by atoms with Gasteiger partial charge in [-0.3, -0.25) is 4.90 Å².